The van der Waals surface area contributed by atoms with Gasteiger partial charge in [-0.3, -0.25) is 0 Å². The first-order valence-electron chi connectivity index (χ1n) is 4.12. The molecule has 0 amide bonds. The average Bonchev–Trinajstić information content (AvgIpc) is 2.61. The third kappa shape index (κ3) is 1.62. The van der Waals surface area contributed by atoms with Crippen LogP contribution in [-0.2, 0) is 4.79 Å². The smallest absolute Gasteiger partial charge is 0.382 e. The molecule has 14 heavy (non-hydrogen) atoms. The molecule has 0 unspecified atom stereocenters. The highest BCUT2D eigenvalue weighted by Gasteiger charge is 2.07. The van der Waals surface area contributed by atoms with Gasteiger partial charge in [-0.05, 0) is 18.2 Å². The standard InChI is InChI=1S/C10H8N2O2/c13-10(14)4-2-7-1-3-8-9(5-7)12-6-11-8/h1,3,5,11-12H,6H2,(H,13,14). The lowest BCUT2D eigenvalue weighted by Crippen LogP contribution is -1.98. The van der Waals surface area contributed by atoms with Gasteiger partial charge < -0.3 is 15.7 Å². The number of aliphatic carboxylic acids is 1. The highest BCUT2D eigenvalue weighted by Crippen LogP contribution is 2.26. The minimum atomic E-state index is -1.11. The second kappa shape index (κ2) is 3.30. The molecular formula is C10H8N2O2. The van der Waals surface area contributed by atoms with Gasteiger partial charge in [-0.15, -0.1) is 0 Å². The molecule has 4 heteroatoms. The Morgan fingerprint density at radius 3 is 2.93 bits per heavy atom. The Hall–Kier alpha value is -2.15. The molecule has 0 bridgehead atoms. The van der Waals surface area contributed by atoms with E-state index in [9.17, 15) is 4.79 Å². The predicted octanol–water partition coefficient (Wildman–Crippen LogP) is 0.918. The second-order valence-electron chi connectivity index (χ2n) is 2.85. The van der Waals surface area contributed by atoms with Gasteiger partial charge in [-0.2, -0.15) is 0 Å². The fourth-order valence-corrected chi connectivity index (χ4v) is 1.28. The van der Waals surface area contributed by atoms with Crippen LogP contribution in [0.2, 0.25) is 0 Å². The molecule has 0 radical (unpaired) electrons. The predicted molar refractivity (Wildman–Crippen MR) is 53.1 cm³/mol. The van der Waals surface area contributed by atoms with Gasteiger partial charge in [-0.1, -0.05) is 5.92 Å². The van der Waals surface area contributed by atoms with Crippen molar-refractivity contribution in [3.63, 3.8) is 0 Å². The van der Waals surface area contributed by atoms with Gasteiger partial charge in [-0.25, -0.2) is 4.79 Å². The van der Waals surface area contributed by atoms with Crippen LogP contribution in [0.1, 0.15) is 5.56 Å². The molecule has 3 N–H and O–H groups in total. The van der Waals surface area contributed by atoms with Crippen molar-refractivity contribution in [2.75, 3.05) is 17.3 Å². The Labute approximate surface area is 80.9 Å². The first kappa shape index (κ1) is 8.45. The highest BCUT2D eigenvalue weighted by molar-refractivity contribution is 5.87. The molecule has 1 aliphatic heterocycles. The molecule has 2 rings (SSSR count). The Balaban J connectivity index is 2.30. The summed E-state index contributed by atoms with van der Waals surface area (Å²) in [5.41, 5.74) is 2.68. The summed E-state index contributed by atoms with van der Waals surface area (Å²) in [5, 5.41) is 14.6. The van der Waals surface area contributed by atoms with Crippen LogP contribution in [0.25, 0.3) is 0 Å². The minimum absolute atomic E-state index is 0.697. The van der Waals surface area contributed by atoms with Gasteiger partial charge in [0.15, 0.2) is 0 Å². The Morgan fingerprint density at radius 1 is 1.36 bits per heavy atom. The molecule has 0 spiro atoms. The number of carbonyl (C=O) groups is 1. The maximum Gasteiger partial charge on any atom is 0.382 e. The SMILES string of the molecule is O=C(O)C#Cc1ccc2c(c1)NCN2. The number of hydrogen-bond acceptors (Lipinski definition) is 3. The molecule has 1 aromatic rings. The summed E-state index contributed by atoms with van der Waals surface area (Å²) in [7, 11) is 0. The normalized spacial score (nSPS) is 11.7. The fraction of sp³-hybridized carbons (Fsp3) is 0.100. The van der Waals surface area contributed by atoms with Crippen LogP contribution < -0.4 is 10.6 Å². The molecule has 70 valence electrons. The quantitative estimate of drug-likeness (QED) is 0.530. The van der Waals surface area contributed by atoms with Crippen LogP contribution in [0.3, 0.4) is 0 Å². The van der Waals surface area contributed by atoms with E-state index in [1.165, 1.54) is 0 Å². The maximum absolute atomic E-state index is 10.2. The molecule has 1 heterocycles. The largest absolute Gasteiger partial charge is 0.472 e. The van der Waals surface area contributed by atoms with Gasteiger partial charge in [0.2, 0.25) is 0 Å². The van der Waals surface area contributed by atoms with Crippen molar-refractivity contribution in [3.05, 3.63) is 23.8 Å². The zero-order valence-electron chi connectivity index (χ0n) is 7.29. The minimum Gasteiger partial charge on any atom is -0.472 e. The zero-order chi connectivity index (χ0) is 9.97. The highest BCUT2D eigenvalue weighted by atomic mass is 16.4. The third-order valence-corrected chi connectivity index (χ3v) is 1.89. The van der Waals surface area contributed by atoms with Crippen LogP contribution in [-0.4, -0.2) is 17.7 Å². The van der Waals surface area contributed by atoms with Crippen molar-refractivity contribution >= 4 is 17.3 Å². The van der Waals surface area contributed by atoms with Gasteiger partial charge in [0.05, 0.1) is 18.0 Å². The molecule has 0 saturated carbocycles. The lowest BCUT2D eigenvalue weighted by atomic mass is 10.2. The van der Waals surface area contributed by atoms with Crippen LogP contribution in [0.5, 0.6) is 0 Å². The summed E-state index contributed by atoms with van der Waals surface area (Å²) in [4.78, 5) is 10.2. The van der Waals surface area contributed by atoms with Gasteiger partial charge in [0.1, 0.15) is 0 Å². The lowest BCUT2D eigenvalue weighted by Gasteiger charge is -1.97. The van der Waals surface area contributed by atoms with E-state index in [2.05, 4.69) is 22.5 Å². The van der Waals surface area contributed by atoms with Crippen LogP contribution in [0, 0.1) is 11.8 Å². The first-order chi connectivity index (χ1) is 6.75. The van der Waals surface area contributed by atoms with Gasteiger partial charge in [0, 0.05) is 11.5 Å². The van der Waals surface area contributed by atoms with Gasteiger partial charge in [0.25, 0.3) is 0 Å². The van der Waals surface area contributed by atoms with E-state index in [1.807, 2.05) is 12.1 Å². The number of hydrogen-bond donors (Lipinski definition) is 3. The fourth-order valence-electron chi connectivity index (χ4n) is 1.28. The summed E-state index contributed by atoms with van der Waals surface area (Å²) >= 11 is 0. The zero-order valence-corrected chi connectivity index (χ0v) is 7.29. The average molecular weight is 188 g/mol. The Bertz CT molecular complexity index is 443. The van der Waals surface area contributed by atoms with Crippen LogP contribution in [0.15, 0.2) is 18.2 Å². The van der Waals surface area contributed by atoms with E-state index in [1.54, 1.807) is 6.07 Å². The van der Waals surface area contributed by atoms with Gasteiger partial charge >= 0.3 is 5.97 Å². The molecule has 1 aromatic carbocycles. The van der Waals surface area contributed by atoms with E-state index >= 15 is 0 Å². The summed E-state index contributed by atoms with van der Waals surface area (Å²) in [6.45, 7) is 0.700. The van der Waals surface area contributed by atoms with E-state index in [0.29, 0.717) is 12.2 Å². The van der Waals surface area contributed by atoms with E-state index in [-0.39, 0.29) is 0 Å². The molecule has 0 aromatic heterocycles. The number of anilines is 2. The number of rotatable bonds is 0. The molecule has 0 saturated heterocycles. The second-order valence-corrected chi connectivity index (χ2v) is 2.85. The summed E-state index contributed by atoms with van der Waals surface area (Å²) in [6.07, 6.45) is 0. The molecule has 4 nitrogen and oxygen atoms in total. The first-order valence-corrected chi connectivity index (χ1v) is 4.12. The van der Waals surface area contributed by atoms with Crippen molar-refractivity contribution in [1.29, 1.82) is 0 Å². The Kier molecular flexibility index (Phi) is 1.99. The van der Waals surface area contributed by atoms with Crippen LogP contribution >= 0.6 is 0 Å². The van der Waals surface area contributed by atoms with Crippen molar-refractivity contribution < 1.29 is 9.90 Å². The number of carboxylic acids is 1. The molecule has 0 fully saturated rings. The number of carboxylic acid groups (broad SMARTS) is 1. The monoisotopic (exact) mass is 188 g/mol. The van der Waals surface area contributed by atoms with E-state index in [4.69, 9.17) is 5.11 Å². The summed E-state index contributed by atoms with van der Waals surface area (Å²) in [5.74, 6) is 3.51. The molecular weight excluding hydrogens is 180 g/mol. The molecule has 0 aliphatic carbocycles. The number of benzene rings is 1. The maximum atomic E-state index is 10.2. The van der Waals surface area contributed by atoms with E-state index in [0.717, 1.165) is 11.4 Å². The van der Waals surface area contributed by atoms with Crippen molar-refractivity contribution in [2.45, 2.75) is 0 Å². The topological polar surface area (TPSA) is 61.4 Å². The number of fused-ring (bicyclic) bond motifs is 1. The van der Waals surface area contributed by atoms with Crippen LogP contribution in [0.4, 0.5) is 11.4 Å². The third-order valence-electron chi connectivity index (χ3n) is 1.89. The van der Waals surface area contributed by atoms with Crippen molar-refractivity contribution in [2.24, 2.45) is 0 Å². The lowest BCUT2D eigenvalue weighted by molar-refractivity contribution is -0.130. The Morgan fingerprint density at radius 2 is 2.14 bits per heavy atom. The summed E-state index contributed by atoms with van der Waals surface area (Å²) < 4.78 is 0. The van der Waals surface area contributed by atoms with E-state index < -0.39 is 5.97 Å². The summed E-state index contributed by atoms with van der Waals surface area (Å²) in [6, 6.07) is 5.49. The van der Waals surface area contributed by atoms with Crippen molar-refractivity contribution in [3.8, 4) is 11.8 Å². The molecule has 1 aliphatic rings. The number of nitrogens with one attached hydrogen (secondary N) is 2. The molecule has 0 atom stereocenters. The van der Waals surface area contributed by atoms with Crippen molar-refractivity contribution in [1.82, 2.24) is 0 Å².